The Hall–Kier alpha value is -0.870. The largest absolute Gasteiger partial charge is 0.493 e. The molecule has 0 N–H and O–H groups in total. The van der Waals surface area contributed by atoms with E-state index in [4.69, 9.17) is 9.47 Å². The second-order valence-electron chi connectivity index (χ2n) is 5.35. The highest BCUT2D eigenvalue weighted by Crippen LogP contribution is 2.34. The first kappa shape index (κ1) is 13.1. The number of hydrogen-bond donors (Lipinski definition) is 0. The number of hydrogen-bond acceptors (Lipinski definition) is 3. The van der Waals surface area contributed by atoms with E-state index < -0.39 is 0 Å². The van der Waals surface area contributed by atoms with E-state index in [1.807, 2.05) is 6.07 Å². The fourth-order valence-electron chi connectivity index (χ4n) is 2.87. The molecule has 0 aromatic heterocycles. The summed E-state index contributed by atoms with van der Waals surface area (Å²) >= 11 is 3.50. The van der Waals surface area contributed by atoms with Crippen molar-refractivity contribution in [1.82, 2.24) is 0 Å². The van der Waals surface area contributed by atoms with Gasteiger partial charge in [-0.1, -0.05) is 22.9 Å². The lowest BCUT2D eigenvalue weighted by Gasteiger charge is -2.14. The molecule has 2 heterocycles. The maximum Gasteiger partial charge on any atom is 0.166 e. The SMILES string of the molecule is CC1CCOC1C(=O)Cc1cc(Br)cc2c1OCC2. The molecule has 3 nitrogen and oxygen atoms in total. The Morgan fingerprint density at radius 3 is 3.00 bits per heavy atom. The maximum atomic E-state index is 12.3. The highest BCUT2D eigenvalue weighted by Gasteiger charge is 2.31. The first-order chi connectivity index (χ1) is 9.15. The Balaban J connectivity index is 1.82. The van der Waals surface area contributed by atoms with Crippen molar-refractivity contribution in [2.75, 3.05) is 13.2 Å². The first-order valence-electron chi connectivity index (χ1n) is 6.73. The third-order valence-electron chi connectivity index (χ3n) is 3.89. The van der Waals surface area contributed by atoms with Gasteiger partial charge in [0.05, 0.1) is 6.61 Å². The molecule has 1 aromatic rings. The number of ether oxygens (including phenoxy) is 2. The molecular weight excluding hydrogens is 308 g/mol. The number of Topliss-reactive ketones (excluding diaryl/α,β-unsaturated/α-hetero) is 1. The van der Waals surface area contributed by atoms with Gasteiger partial charge in [0.15, 0.2) is 5.78 Å². The molecule has 4 heteroatoms. The van der Waals surface area contributed by atoms with E-state index in [1.54, 1.807) is 0 Å². The van der Waals surface area contributed by atoms with Crippen molar-refractivity contribution in [3.05, 3.63) is 27.7 Å². The molecule has 0 radical (unpaired) electrons. The van der Waals surface area contributed by atoms with E-state index in [2.05, 4.69) is 28.9 Å². The van der Waals surface area contributed by atoms with Crippen LogP contribution in [0.5, 0.6) is 5.75 Å². The minimum absolute atomic E-state index is 0.167. The number of fused-ring (bicyclic) bond motifs is 1. The summed E-state index contributed by atoms with van der Waals surface area (Å²) in [5.41, 5.74) is 2.17. The molecule has 2 atom stereocenters. The van der Waals surface area contributed by atoms with Gasteiger partial charge in [-0.2, -0.15) is 0 Å². The molecule has 3 rings (SSSR count). The molecule has 0 saturated carbocycles. The maximum absolute atomic E-state index is 12.3. The third-order valence-corrected chi connectivity index (χ3v) is 4.35. The van der Waals surface area contributed by atoms with Crippen LogP contribution in [0.4, 0.5) is 0 Å². The van der Waals surface area contributed by atoms with E-state index >= 15 is 0 Å². The van der Waals surface area contributed by atoms with Crippen molar-refractivity contribution in [3.8, 4) is 5.75 Å². The zero-order valence-corrected chi connectivity index (χ0v) is 12.5. The van der Waals surface area contributed by atoms with Crippen molar-refractivity contribution in [2.45, 2.75) is 32.3 Å². The molecule has 102 valence electrons. The standard InChI is InChI=1S/C15H17BrO3/c1-9-2-4-18-14(9)13(17)8-11-7-12(16)6-10-3-5-19-15(10)11/h6-7,9,14H,2-5,8H2,1H3. The summed E-state index contributed by atoms with van der Waals surface area (Å²) in [6.07, 6.45) is 2.06. The second-order valence-corrected chi connectivity index (χ2v) is 6.27. The minimum atomic E-state index is -0.240. The fourth-order valence-corrected chi connectivity index (χ4v) is 3.43. The number of benzene rings is 1. The van der Waals surface area contributed by atoms with Crippen LogP contribution in [-0.4, -0.2) is 25.1 Å². The van der Waals surface area contributed by atoms with Crippen molar-refractivity contribution in [3.63, 3.8) is 0 Å². The van der Waals surface area contributed by atoms with Gasteiger partial charge in [0.2, 0.25) is 0 Å². The lowest BCUT2D eigenvalue weighted by Crippen LogP contribution is -2.26. The third kappa shape index (κ3) is 2.56. The van der Waals surface area contributed by atoms with Gasteiger partial charge in [-0.05, 0) is 30.0 Å². The monoisotopic (exact) mass is 324 g/mol. The molecule has 2 unspecified atom stereocenters. The van der Waals surface area contributed by atoms with Gasteiger partial charge in [0.25, 0.3) is 0 Å². The van der Waals surface area contributed by atoms with Gasteiger partial charge in [0, 0.05) is 29.5 Å². The number of halogens is 1. The minimum Gasteiger partial charge on any atom is -0.493 e. The summed E-state index contributed by atoms with van der Waals surface area (Å²) in [6.45, 7) is 3.49. The van der Waals surface area contributed by atoms with E-state index in [1.165, 1.54) is 5.56 Å². The smallest absolute Gasteiger partial charge is 0.166 e. The number of rotatable bonds is 3. The Kier molecular flexibility index (Phi) is 3.63. The van der Waals surface area contributed by atoms with E-state index in [0.29, 0.717) is 25.6 Å². The molecule has 0 spiro atoms. The molecule has 1 saturated heterocycles. The van der Waals surface area contributed by atoms with Crippen LogP contribution in [0.1, 0.15) is 24.5 Å². The zero-order valence-electron chi connectivity index (χ0n) is 10.9. The molecule has 1 aromatic carbocycles. The van der Waals surface area contributed by atoms with Crippen LogP contribution in [0.25, 0.3) is 0 Å². The summed E-state index contributed by atoms with van der Waals surface area (Å²) in [5.74, 6) is 1.40. The van der Waals surface area contributed by atoms with Gasteiger partial charge in [-0.15, -0.1) is 0 Å². The van der Waals surface area contributed by atoms with Crippen molar-refractivity contribution in [2.24, 2.45) is 5.92 Å². The molecule has 2 aliphatic rings. The van der Waals surface area contributed by atoms with Crippen LogP contribution < -0.4 is 4.74 Å². The van der Waals surface area contributed by atoms with Crippen LogP contribution in [-0.2, 0) is 22.4 Å². The lowest BCUT2D eigenvalue weighted by molar-refractivity contribution is -0.128. The van der Waals surface area contributed by atoms with E-state index in [0.717, 1.165) is 28.6 Å². The van der Waals surface area contributed by atoms with Gasteiger partial charge < -0.3 is 9.47 Å². The summed E-state index contributed by atoms with van der Waals surface area (Å²) < 4.78 is 12.2. The zero-order chi connectivity index (χ0) is 13.4. The molecule has 1 fully saturated rings. The lowest BCUT2D eigenvalue weighted by atomic mass is 9.95. The molecule has 19 heavy (non-hydrogen) atoms. The molecule has 2 aliphatic heterocycles. The predicted octanol–water partition coefficient (Wildman–Crippen LogP) is 2.92. The Morgan fingerprint density at radius 1 is 1.42 bits per heavy atom. The van der Waals surface area contributed by atoms with E-state index in [-0.39, 0.29) is 11.9 Å². The first-order valence-corrected chi connectivity index (χ1v) is 7.53. The van der Waals surface area contributed by atoms with Gasteiger partial charge >= 0.3 is 0 Å². The van der Waals surface area contributed by atoms with Gasteiger partial charge in [-0.3, -0.25) is 4.79 Å². The van der Waals surface area contributed by atoms with Gasteiger partial charge in [0.1, 0.15) is 11.9 Å². The van der Waals surface area contributed by atoms with Crippen LogP contribution >= 0.6 is 15.9 Å². The normalized spacial score (nSPS) is 25.2. The Morgan fingerprint density at radius 2 is 2.26 bits per heavy atom. The number of carbonyl (C=O) groups excluding carboxylic acids is 1. The highest BCUT2D eigenvalue weighted by atomic mass is 79.9. The average Bonchev–Trinajstić information content (AvgIpc) is 2.97. The number of ketones is 1. The summed E-state index contributed by atoms with van der Waals surface area (Å²) in [4.78, 5) is 12.3. The molecule has 0 amide bonds. The van der Waals surface area contributed by atoms with E-state index in [9.17, 15) is 4.79 Å². The second kappa shape index (κ2) is 5.25. The Bertz CT molecular complexity index is 512. The number of carbonyl (C=O) groups is 1. The van der Waals surface area contributed by atoms with Crippen LogP contribution in [0.15, 0.2) is 16.6 Å². The molecular formula is C15H17BrO3. The van der Waals surface area contributed by atoms with Crippen molar-refractivity contribution in [1.29, 1.82) is 0 Å². The van der Waals surface area contributed by atoms with Crippen LogP contribution in [0.2, 0.25) is 0 Å². The van der Waals surface area contributed by atoms with Crippen molar-refractivity contribution < 1.29 is 14.3 Å². The van der Waals surface area contributed by atoms with Crippen molar-refractivity contribution >= 4 is 21.7 Å². The Labute approximate surface area is 121 Å². The van der Waals surface area contributed by atoms with Gasteiger partial charge in [-0.25, -0.2) is 0 Å². The summed E-state index contributed by atoms with van der Waals surface area (Å²) in [7, 11) is 0. The highest BCUT2D eigenvalue weighted by molar-refractivity contribution is 9.10. The molecule has 0 bridgehead atoms. The quantitative estimate of drug-likeness (QED) is 0.857. The predicted molar refractivity (Wildman–Crippen MR) is 75.6 cm³/mol. The molecule has 0 aliphatic carbocycles. The summed E-state index contributed by atoms with van der Waals surface area (Å²) in [6, 6.07) is 4.06. The van der Waals surface area contributed by atoms with Crippen LogP contribution in [0, 0.1) is 5.92 Å². The van der Waals surface area contributed by atoms with Crippen LogP contribution in [0.3, 0.4) is 0 Å². The fraction of sp³-hybridized carbons (Fsp3) is 0.533. The summed E-state index contributed by atoms with van der Waals surface area (Å²) in [5, 5.41) is 0. The average molecular weight is 325 g/mol. The topological polar surface area (TPSA) is 35.5 Å².